The Morgan fingerprint density at radius 3 is 2.52 bits per heavy atom. The molecule has 6 heteroatoms. The summed E-state index contributed by atoms with van der Waals surface area (Å²) in [6.45, 7) is 0. The lowest BCUT2D eigenvalue weighted by molar-refractivity contribution is -0.127. The summed E-state index contributed by atoms with van der Waals surface area (Å²) in [5.41, 5.74) is 1.56. The van der Waals surface area contributed by atoms with E-state index in [1.54, 1.807) is 22.8 Å². The third kappa shape index (κ3) is 2.52. The fourth-order valence-corrected chi connectivity index (χ4v) is 3.91. The number of aromatic nitrogens is 2. The first kappa shape index (κ1) is 15.9. The van der Waals surface area contributed by atoms with Crippen molar-refractivity contribution in [3.8, 4) is 0 Å². The van der Waals surface area contributed by atoms with Crippen LogP contribution in [0.3, 0.4) is 0 Å². The van der Waals surface area contributed by atoms with Crippen LogP contribution in [0.5, 0.6) is 0 Å². The number of likely N-dealkylation sites (tertiary alicyclic amines) is 1. The molecule has 1 saturated heterocycles. The number of aryl methyl sites for hydroxylation is 1. The van der Waals surface area contributed by atoms with E-state index < -0.39 is 5.41 Å². The van der Waals surface area contributed by atoms with Gasteiger partial charge in [0.1, 0.15) is 0 Å². The highest BCUT2D eigenvalue weighted by Crippen LogP contribution is 2.48. The molecule has 0 bridgehead atoms. The summed E-state index contributed by atoms with van der Waals surface area (Å²) in [4.78, 5) is 27.0. The van der Waals surface area contributed by atoms with Crippen LogP contribution in [-0.2, 0) is 22.1 Å². The van der Waals surface area contributed by atoms with Crippen LogP contribution in [0.4, 0.5) is 0 Å². The van der Waals surface area contributed by atoms with Crippen LogP contribution in [0, 0.1) is 0 Å². The summed E-state index contributed by atoms with van der Waals surface area (Å²) in [7, 11) is 3.65. The first-order chi connectivity index (χ1) is 12.0. The molecule has 0 spiro atoms. The van der Waals surface area contributed by atoms with Crippen molar-refractivity contribution in [1.29, 1.82) is 0 Å². The van der Waals surface area contributed by atoms with Crippen LogP contribution < -0.4 is 5.32 Å². The van der Waals surface area contributed by atoms with Crippen LogP contribution in [-0.4, -0.2) is 39.6 Å². The fraction of sp³-hybridized carbons (Fsp3) is 0.421. The molecule has 2 atom stereocenters. The summed E-state index contributed by atoms with van der Waals surface area (Å²) in [6, 6.07) is 11.4. The number of nitrogens with one attached hydrogen (secondary N) is 1. The minimum atomic E-state index is -0.428. The maximum Gasteiger partial charge on any atom is 0.230 e. The molecule has 1 aliphatic carbocycles. The van der Waals surface area contributed by atoms with E-state index in [1.807, 2.05) is 43.4 Å². The SMILES string of the molecule is CN1C(=O)C[C@@H](NC(=O)C2(c3ccccc3)CC2)[C@@H]1c1ccnn1C. The number of nitrogens with zero attached hydrogens (tertiary/aromatic N) is 3. The molecule has 1 N–H and O–H groups in total. The van der Waals surface area contributed by atoms with Crippen molar-refractivity contribution < 1.29 is 9.59 Å². The predicted molar refractivity (Wildman–Crippen MR) is 92.6 cm³/mol. The molecule has 2 aliphatic rings. The molecule has 130 valence electrons. The van der Waals surface area contributed by atoms with Crippen molar-refractivity contribution in [3.63, 3.8) is 0 Å². The first-order valence-electron chi connectivity index (χ1n) is 8.63. The van der Waals surface area contributed by atoms with Gasteiger partial charge in [-0.3, -0.25) is 14.3 Å². The second kappa shape index (κ2) is 5.72. The molecule has 1 aliphatic heterocycles. The van der Waals surface area contributed by atoms with Crippen molar-refractivity contribution in [3.05, 3.63) is 53.9 Å². The van der Waals surface area contributed by atoms with Gasteiger partial charge in [0.25, 0.3) is 0 Å². The third-order valence-corrected chi connectivity index (χ3v) is 5.58. The zero-order valence-electron chi connectivity index (χ0n) is 14.5. The van der Waals surface area contributed by atoms with Crippen LogP contribution in [0.2, 0.25) is 0 Å². The summed E-state index contributed by atoms with van der Waals surface area (Å²) in [5, 5.41) is 7.37. The van der Waals surface area contributed by atoms with Crippen molar-refractivity contribution in [2.75, 3.05) is 7.05 Å². The molecule has 1 aromatic carbocycles. The Bertz CT molecular complexity index is 810. The fourth-order valence-electron chi connectivity index (χ4n) is 3.91. The topological polar surface area (TPSA) is 67.2 Å². The molecular formula is C19H22N4O2. The number of benzene rings is 1. The molecule has 1 aromatic heterocycles. The number of hydrogen-bond acceptors (Lipinski definition) is 3. The summed E-state index contributed by atoms with van der Waals surface area (Å²) in [6.07, 6.45) is 3.76. The summed E-state index contributed by atoms with van der Waals surface area (Å²) in [5.74, 6) is 0.0695. The normalized spacial score (nSPS) is 24.4. The Labute approximate surface area is 146 Å². The summed E-state index contributed by atoms with van der Waals surface area (Å²) >= 11 is 0. The molecule has 0 unspecified atom stereocenters. The van der Waals surface area contributed by atoms with E-state index in [9.17, 15) is 9.59 Å². The maximum absolute atomic E-state index is 13.0. The molecule has 4 rings (SSSR count). The zero-order valence-corrected chi connectivity index (χ0v) is 14.5. The smallest absolute Gasteiger partial charge is 0.230 e. The second-order valence-electron chi connectivity index (χ2n) is 7.06. The number of amides is 2. The van der Waals surface area contributed by atoms with Crippen LogP contribution in [0.25, 0.3) is 0 Å². The van der Waals surface area contributed by atoms with E-state index in [2.05, 4.69) is 10.4 Å². The Morgan fingerprint density at radius 1 is 1.20 bits per heavy atom. The highest BCUT2D eigenvalue weighted by atomic mass is 16.2. The van der Waals surface area contributed by atoms with Crippen molar-refractivity contribution >= 4 is 11.8 Å². The largest absolute Gasteiger partial charge is 0.350 e. The van der Waals surface area contributed by atoms with Gasteiger partial charge in [-0.25, -0.2) is 0 Å². The molecule has 0 radical (unpaired) electrons. The highest BCUT2D eigenvalue weighted by Gasteiger charge is 2.53. The molecular weight excluding hydrogens is 316 g/mol. The van der Waals surface area contributed by atoms with Gasteiger partial charge in [-0.15, -0.1) is 0 Å². The van der Waals surface area contributed by atoms with Gasteiger partial charge in [0.2, 0.25) is 11.8 Å². The van der Waals surface area contributed by atoms with E-state index in [0.717, 1.165) is 24.1 Å². The summed E-state index contributed by atoms with van der Waals surface area (Å²) < 4.78 is 1.77. The van der Waals surface area contributed by atoms with E-state index in [-0.39, 0.29) is 23.9 Å². The van der Waals surface area contributed by atoms with Gasteiger partial charge < -0.3 is 10.2 Å². The molecule has 2 aromatic rings. The van der Waals surface area contributed by atoms with Crippen molar-refractivity contribution in [1.82, 2.24) is 20.0 Å². The molecule has 2 heterocycles. The number of likely N-dealkylation sites (N-methyl/N-ethyl adjacent to an activating group) is 1. The number of carbonyl (C=O) groups is 2. The Kier molecular flexibility index (Phi) is 3.63. The van der Waals surface area contributed by atoms with Gasteiger partial charge in [0, 0.05) is 26.7 Å². The van der Waals surface area contributed by atoms with E-state index in [0.29, 0.717) is 6.42 Å². The number of rotatable bonds is 4. The van der Waals surface area contributed by atoms with Crippen LogP contribution in [0.15, 0.2) is 42.6 Å². The maximum atomic E-state index is 13.0. The van der Waals surface area contributed by atoms with Crippen LogP contribution >= 0.6 is 0 Å². The monoisotopic (exact) mass is 338 g/mol. The van der Waals surface area contributed by atoms with Crippen molar-refractivity contribution in [2.24, 2.45) is 7.05 Å². The van der Waals surface area contributed by atoms with Gasteiger partial charge >= 0.3 is 0 Å². The quantitative estimate of drug-likeness (QED) is 0.919. The van der Waals surface area contributed by atoms with E-state index in [4.69, 9.17) is 0 Å². The van der Waals surface area contributed by atoms with E-state index in [1.165, 1.54) is 0 Å². The lowest BCUT2D eigenvalue weighted by Gasteiger charge is -2.27. The molecule has 6 nitrogen and oxygen atoms in total. The van der Waals surface area contributed by atoms with Gasteiger partial charge in [-0.2, -0.15) is 5.10 Å². The first-order valence-corrected chi connectivity index (χ1v) is 8.63. The minimum Gasteiger partial charge on any atom is -0.350 e. The van der Waals surface area contributed by atoms with Gasteiger partial charge in [-0.05, 0) is 24.5 Å². The number of hydrogen-bond donors (Lipinski definition) is 1. The lowest BCUT2D eigenvalue weighted by Crippen LogP contribution is -2.44. The van der Waals surface area contributed by atoms with Gasteiger partial charge in [0.05, 0.1) is 23.2 Å². The molecule has 2 amide bonds. The second-order valence-corrected chi connectivity index (χ2v) is 7.06. The Hall–Kier alpha value is -2.63. The van der Waals surface area contributed by atoms with Gasteiger partial charge in [0.15, 0.2) is 0 Å². The third-order valence-electron chi connectivity index (χ3n) is 5.58. The molecule has 2 fully saturated rings. The predicted octanol–water partition coefficient (Wildman–Crippen LogP) is 1.54. The highest BCUT2D eigenvalue weighted by molar-refractivity contribution is 5.92. The standard InChI is InChI=1S/C19H22N4O2/c1-22-16(24)12-14(17(22)15-8-11-20-23(15)2)21-18(25)19(9-10-19)13-6-4-3-5-7-13/h3-8,11,14,17H,9-10,12H2,1-2H3,(H,21,25)/t14-,17-/m1/s1. The Balaban J connectivity index is 1.58. The number of carbonyl (C=O) groups excluding carboxylic acids is 2. The van der Waals surface area contributed by atoms with Gasteiger partial charge in [-0.1, -0.05) is 30.3 Å². The van der Waals surface area contributed by atoms with Crippen molar-refractivity contribution in [2.45, 2.75) is 36.8 Å². The van der Waals surface area contributed by atoms with E-state index >= 15 is 0 Å². The minimum absolute atomic E-state index is 0.0268. The lowest BCUT2D eigenvalue weighted by atomic mass is 9.94. The Morgan fingerprint density at radius 2 is 1.92 bits per heavy atom. The van der Waals surface area contributed by atoms with Crippen LogP contribution in [0.1, 0.15) is 36.6 Å². The zero-order chi connectivity index (χ0) is 17.6. The average molecular weight is 338 g/mol. The molecule has 25 heavy (non-hydrogen) atoms. The molecule has 1 saturated carbocycles. The average Bonchev–Trinajstić information content (AvgIpc) is 3.26.